The number of aliphatic hydroxyl groups excluding tert-OH is 14. The normalized spacial score (nSPS) is 50.5. The highest BCUT2D eigenvalue weighted by molar-refractivity contribution is 5.88. The highest BCUT2D eigenvalue weighted by atomic mass is 16.7. The zero-order valence-corrected chi connectivity index (χ0v) is 46.0. The molecule has 450 valence electrons. The number of hydrogen-bond donors (Lipinski definition) is 15. The van der Waals surface area contributed by atoms with Gasteiger partial charge < -0.3 is 114 Å². The molecule has 0 aromatic heterocycles. The fraction of sp³-hybridized carbons (Fsp3) is 0.944. The number of ether oxygens (including phenoxy) is 8. The third-order valence-electron chi connectivity index (χ3n) is 20.5. The van der Waals surface area contributed by atoms with Crippen molar-refractivity contribution in [3.05, 3.63) is 11.6 Å². The molecule has 24 nitrogen and oxygen atoms in total. The maximum absolute atomic E-state index is 15.2. The largest absolute Gasteiger partial charge is 0.394 e. The summed E-state index contributed by atoms with van der Waals surface area (Å²) in [5, 5.41) is 158. The Hall–Kier alpha value is -1.51. The van der Waals surface area contributed by atoms with E-state index in [0.717, 1.165) is 18.4 Å². The van der Waals surface area contributed by atoms with Crippen molar-refractivity contribution >= 4 is 5.78 Å². The third kappa shape index (κ3) is 11.0. The maximum atomic E-state index is 15.2. The number of Topliss-reactive ketones (excluding diaryl/α,β-unsaturated/α-hetero) is 1. The van der Waals surface area contributed by atoms with E-state index in [9.17, 15) is 76.6 Å². The first-order valence-corrected chi connectivity index (χ1v) is 27.9. The molecule has 4 heterocycles. The highest BCUT2D eigenvalue weighted by Crippen LogP contribution is 2.74. The molecular weight excluding hydrogens is 1030 g/mol. The van der Waals surface area contributed by atoms with Gasteiger partial charge in [-0.2, -0.15) is 0 Å². The summed E-state index contributed by atoms with van der Waals surface area (Å²) in [5.74, 6) is 0.195. The minimum Gasteiger partial charge on any atom is -0.394 e. The Morgan fingerprint density at radius 2 is 1.06 bits per heavy atom. The Bertz CT molecular complexity index is 2070. The van der Waals surface area contributed by atoms with Crippen LogP contribution in [0.25, 0.3) is 0 Å². The summed E-state index contributed by atoms with van der Waals surface area (Å²) < 4.78 is 46.8. The number of aliphatic hydroxyl groups is 15. The second kappa shape index (κ2) is 23.5. The van der Waals surface area contributed by atoms with Crippen LogP contribution < -0.4 is 0 Å². The summed E-state index contributed by atoms with van der Waals surface area (Å²) in [5.41, 5.74) is -2.49. The van der Waals surface area contributed by atoms with Crippen molar-refractivity contribution in [2.24, 2.45) is 45.3 Å². The molecule has 0 aromatic carbocycles. The van der Waals surface area contributed by atoms with Gasteiger partial charge in [-0.3, -0.25) is 4.79 Å². The van der Waals surface area contributed by atoms with Crippen molar-refractivity contribution in [2.75, 3.05) is 26.4 Å². The van der Waals surface area contributed by atoms with Gasteiger partial charge in [-0.25, -0.2) is 0 Å². The molecule has 29 atom stereocenters. The zero-order chi connectivity index (χ0) is 57.5. The van der Waals surface area contributed by atoms with Crippen LogP contribution in [0.3, 0.4) is 0 Å². The monoisotopic (exact) mass is 1120 g/mol. The molecular formula is C54H90O24. The van der Waals surface area contributed by atoms with Crippen LogP contribution in [0.4, 0.5) is 0 Å². The summed E-state index contributed by atoms with van der Waals surface area (Å²) in [7, 11) is 0. The van der Waals surface area contributed by atoms with Gasteiger partial charge in [0.1, 0.15) is 103 Å². The summed E-state index contributed by atoms with van der Waals surface area (Å²) in [6, 6.07) is 0. The molecule has 0 spiro atoms. The Kier molecular flexibility index (Phi) is 18.8. The van der Waals surface area contributed by atoms with Crippen molar-refractivity contribution in [3.63, 3.8) is 0 Å². The van der Waals surface area contributed by atoms with E-state index < -0.39 is 183 Å². The summed E-state index contributed by atoms with van der Waals surface area (Å²) in [6.07, 6.45) is -26.3. The van der Waals surface area contributed by atoms with Crippen LogP contribution >= 0.6 is 0 Å². The third-order valence-corrected chi connectivity index (χ3v) is 20.5. The fourth-order valence-electron chi connectivity index (χ4n) is 15.3. The molecule has 8 aliphatic rings. The fourth-order valence-corrected chi connectivity index (χ4v) is 15.3. The predicted octanol–water partition coefficient (Wildman–Crippen LogP) is -3.02. The van der Waals surface area contributed by atoms with Crippen LogP contribution in [-0.4, -0.2) is 249 Å². The van der Waals surface area contributed by atoms with E-state index in [0.29, 0.717) is 32.1 Å². The van der Waals surface area contributed by atoms with Gasteiger partial charge in [-0.05, 0) is 93.3 Å². The maximum Gasteiger partial charge on any atom is 0.187 e. The van der Waals surface area contributed by atoms with E-state index in [2.05, 4.69) is 33.8 Å². The standard InChI is InChI=1S/C54H90O24/c1-22(9-13-33(51(4,5)70)78-49-45(69)41(65)37(61)29(76-49)21-72-47-43(67)39(63)35(59)27(19-56)74-47)23-15-16-52(6)30-12-10-24-25(54(30,8)31(57)17-53(23,52)7)11-14-32(50(24,2)3)77-48-44(68)40(64)36(60)28(75-48)20-71-46-42(66)38(62)34(58)26(18-55)73-46/h10,22-23,25-30,32-49,55-56,58-70H,9,11-21H2,1-8H3/t22-,23?,25?,26-,27?,28-,29-,30?,32+,33-,34-,35-,36-,37-,38+,39+,40+,41+,42-,43-,44-,45-,46-,47-,48+,49+,52+,53-,54+/m1/s1. The van der Waals surface area contributed by atoms with Gasteiger partial charge in [0, 0.05) is 17.3 Å². The number of carbonyl (C=O) groups excluding carboxylic acids is 1. The molecule has 0 radical (unpaired) electrons. The smallest absolute Gasteiger partial charge is 0.187 e. The highest BCUT2D eigenvalue weighted by Gasteiger charge is 2.70. The van der Waals surface area contributed by atoms with Crippen LogP contribution in [0.15, 0.2) is 11.6 Å². The average Bonchev–Trinajstić information content (AvgIpc) is 2.95. The summed E-state index contributed by atoms with van der Waals surface area (Å²) in [4.78, 5) is 15.2. The molecule has 0 bridgehead atoms. The van der Waals surface area contributed by atoms with E-state index in [1.807, 2.05) is 13.8 Å². The Morgan fingerprint density at radius 1 is 0.603 bits per heavy atom. The minimum atomic E-state index is -1.78. The van der Waals surface area contributed by atoms with Crippen molar-refractivity contribution in [1.82, 2.24) is 0 Å². The van der Waals surface area contributed by atoms with Gasteiger partial charge in [0.2, 0.25) is 0 Å². The molecule has 4 unspecified atom stereocenters. The second-order valence-corrected chi connectivity index (χ2v) is 25.7. The molecule has 0 aromatic rings. The van der Waals surface area contributed by atoms with Crippen LogP contribution in [0.5, 0.6) is 0 Å². The number of allylic oxidation sites excluding steroid dienone is 1. The van der Waals surface area contributed by atoms with E-state index in [1.165, 1.54) is 0 Å². The minimum absolute atomic E-state index is 0.00290. The Balaban J connectivity index is 0.910. The van der Waals surface area contributed by atoms with E-state index in [-0.39, 0.29) is 41.3 Å². The van der Waals surface area contributed by atoms with E-state index in [1.54, 1.807) is 13.8 Å². The molecule has 7 fully saturated rings. The number of fused-ring (bicyclic) bond motifs is 5. The van der Waals surface area contributed by atoms with Crippen LogP contribution in [0, 0.1) is 45.3 Å². The van der Waals surface area contributed by atoms with Crippen LogP contribution in [0.2, 0.25) is 0 Å². The lowest BCUT2D eigenvalue weighted by Gasteiger charge is -2.65. The number of ketones is 1. The molecule has 15 N–H and O–H groups in total. The lowest BCUT2D eigenvalue weighted by molar-refractivity contribution is -0.341. The molecule has 0 amide bonds. The first-order chi connectivity index (χ1) is 36.4. The number of carbonyl (C=O) groups is 1. The van der Waals surface area contributed by atoms with Crippen LogP contribution in [-0.2, 0) is 42.7 Å². The first kappa shape index (κ1) is 62.5. The summed E-state index contributed by atoms with van der Waals surface area (Å²) >= 11 is 0. The predicted molar refractivity (Wildman–Crippen MR) is 267 cm³/mol. The van der Waals surface area contributed by atoms with Crippen LogP contribution in [0.1, 0.15) is 107 Å². The summed E-state index contributed by atoms with van der Waals surface area (Å²) in [6.45, 7) is 13.6. The number of hydrogen-bond acceptors (Lipinski definition) is 24. The van der Waals surface area contributed by atoms with Gasteiger partial charge in [0.05, 0.1) is 44.2 Å². The quantitative estimate of drug-likeness (QED) is 0.0645. The van der Waals surface area contributed by atoms with Crippen molar-refractivity contribution in [2.45, 2.75) is 247 Å². The molecule has 4 aliphatic heterocycles. The average molecular weight is 1120 g/mol. The van der Waals surface area contributed by atoms with Gasteiger partial charge in [0.25, 0.3) is 0 Å². The first-order valence-electron chi connectivity index (χ1n) is 27.9. The molecule has 8 rings (SSSR count). The molecule has 4 aliphatic carbocycles. The lowest BCUT2D eigenvalue weighted by Crippen LogP contribution is -2.64. The van der Waals surface area contributed by atoms with Gasteiger partial charge in [-0.1, -0.05) is 53.2 Å². The Morgan fingerprint density at radius 3 is 1.56 bits per heavy atom. The SMILES string of the molecule is C[C@H](CC[C@@H](O[C@@H]1O[C@H](CO[C@@H]2OC(CO)[C@@H](O)[C@H](O)[C@H]2O)[C@@H](O)[C@H](O)[C@H]1O)C(C)(C)O)C1CC[C@@]2(C)C3CC=C4C(CC[C@H](O[C@@H]5O[C@H](CO[C@@H]6O[C@H](CO)[C@@H](O)[C@H](O)[C@H]6O)[C@@H](O)[C@H](O)[C@H]5O)C4(C)C)[C@]3(C)C(=O)C[C@]12C. The van der Waals surface area contributed by atoms with E-state index in [4.69, 9.17) is 37.9 Å². The van der Waals surface area contributed by atoms with Crippen molar-refractivity contribution in [1.29, 1.82) is 0 Å². The van der Waals surface area contributed by atoms with E-state index >= 15 is 4.79 Å². The lowest BCUT2D eigenvalue weighted by atomic mass is 9.38. The Labute approximate surface area is 454 Å². The van der Waals surface area contributed by atoms with Gasteiger partial charge in [0.15, 0.2) is 25.2 Å². The molecule has 24 heteroatoms. The molecule has 3 saturated carbocycles. The molecule has 4 saturated heterocycles. The zero-order valence-electron chi connectivity index (χ0n) is 46.0. The number of rotatable bonds is 17. The van der Waals surface area contributed by atoms with Crippen molar-refractivity contribution < 1.29 is 119 Å². The molecule has 78 heavy (non-hydrogen) atoms. The van der Waals surface area contributed by atoms with Crippen molar-refractivity contribution in [3.8, 4) is 0 Å². The van der Waals surface area contributed by atoms with Gasteiger partial charge in [-0.15, -0.1) is 0 Å². The second-order valence-electron chi connectivity index (χ2n) is 25.7. The van der Waals surface area contributed by atoms with Gasteiger partial charge >= 0.3 is 0 Å². The topological polar surface area (TPSA) is 394 Å².